The molecule has 4 rings (SSSR count). The number of benzene rings is 1. The van der Waals surface area contributed by atoms with E-state index in [1.807, 2.05) is 12.1 Å². The number of rotatable bonds is 7. The molecule has 0 saturated heterocycles. The molecule has 2 aromatic heterocycles. The predicted molar refractivity (Wildman–Crippen MR) is 141 cm³/mol. The summed E-state index contributed by atoms with van der Waals surface area (Å²) in [7, 11) is -4.22. The second-order valence-corrected chi connectivity index (χ2v) is 13.3. The zero-order chi connectivity index (χ0) is 27.0. The van der Waals surface area contributed by atoms with Crippen molar-refractivity contribution < 1.29 is 27.2 Å². The third kappa shape index (κ3) is 5.93. The number of nitrogens with one attached hydrogen (secondary N) is 1. The topological polar surface area (TPSA) is 128 Å². The first-order valence-electron chi connectivity index (χ1n) is 12.2. The minimum atomic E-state index is -4.22. The van der Waals surface area contributed by atoms with E-state index in [-0.39, 0.29) is 17.9 Å². The van der Waals surface area contributed by atoms with Gasteiger partial charge in [-0.3, -0.25) is 4.79 Å². The van der Waals surface area contributed by atoms with Gasteiger partial charge in [0, 0.05) is 10.4 Å². The molecule has 1 aromatic carbocycles. The molecule has 1 unspecified atom stereocenters. The molecule has 1 atom stereocenters. The fraction of sp³-hybridized carbons (Fsp3) is 0.462. The third-order valence-corrected chi connectivity index (χ3v) is 8.74. The van der Waals surface area contributed by atoms with Crippen LogP contribution in [0.5, 0.6) is 0 Å². The summed E-state index contributed by atoms with van der Waals surface area (Å²) in [4.78, 5) is 26.5. The zero-order valence-electron chi connectivity index (χ0n) is 21.6. The molecular formula is C26H31N3O6S2. The van der Waals surface area contributed by atoms with Gasteiger partial charge in [-0.05, 0) is 60.8 Å². The number of fused-ring (bicyclic) bond motifs is 1. The highest BCUT2D eigenvalue weighted by Crippen LogP contribution is 2.40. The monoisotopic (exact) mass is 545 g/mol. The highest BCUT2D eigenvalue weighted by molar-refractivity contribution is 7.91. The summed E-state index contributed by atoms with van der Waals surface area (Å²) in [5.41, 5.74) is 2.83. The molecular weight excluding hydrogens is 514 g/mol. The van der Waals surface area contributed by atoms with Crippen molar-refractivity contribution in [3.05, 3.63) is 45.8 Å². The molecule has 37 heavy (non-hydrogen) atoms. The number of carbonyl (C=O) groups is 2. The van der Waals surface area contributed by atoms with Crippen molar-refractivity contribution in [1.82, 2.24) is 10.2 Å². The Hall–Kier alpha value is -3.05. The molecule has 1 amide bonds. The van der Waals surface area contributed by atoms with Crippen LogP contribution >= 0.6 is 11.3 Å². The van der Waals surface area contributed by atoms with Crippen molar-refractivity contribution in [3.63, 3.8) is 0 Å². The van der Waals surface area contributed by atoms with Crippen LogP contribution in [-0.2, 0) is 37.6 Å². The highest BCUT2D eigenvalue weighted by atomic mass is 32.2. The van der Waals surface area contributed by atoms with Gasteiger partial charge in [-0.15, -0.1) is 16.4 Å². The van der Waals surface area contributed by atoms with Gasteiger partial charge in [-0.25, -0.2) is 13.2 Å². The average Bonchev–Trinajstić information content (AvgIpc) is 3.43. The molecule has 11 heteroatoms. The Bertz CT molecular complexity index is 1420. The van der Waals surface area contributed by atoms with Crippen LogP contribution in [0.4, 0.5) is 5.00 Å². The number of thiophene rings is 1. The van der Waals surface area contributed by atoms with Gasteiger partial charge in [0.05, 0.1) is 12.2 Å². The van der Waals surface area contributed by atoms with Gasteiger partial charge in [-0.2, -0.15) is 0 Å². The third-order valence-electron chi connectivity index (χ3n) is 6.24. The van der Waals surface area contributed by atoms with Crippen LogP contribution in [0.3, 0.4) is 0 Å². The number of anilines is 1. The molecule has 1 N–H and O–H groups in total. The largest absolute Gasteiger partial charge is 0.462 e. The summed E-state index contributed by atoms with van der Waals surface area (Å²) in [6, 6.07) is 7.41. The molecule has 0 radical (unpaired) electrons. The Kier molecular flexibility index (Phi) is 7.57. The number of nitrogens with zero attached hydrogens (tertiary/aromatic N) is 2. The van der Waals surface area contributed by atoms with E-state index in [1.165, 1.54) is 11.3 Å². The minimum Gasteiger partial charge on any atom is -0.462 e. The first-order chi connectivity index (χ1) is 17.4. The number of aromatic nitrogens is 2. The molecule has 0 fully saturated rings. The number of ether oxygens (including phenoxy) is 1. The molecule has 0 saturated carbocycles. The maximum atomic E-state index is 12.9. The minimum absolute atomic E-state index is 0.0392. The number of hydrogen-bond acceptors (Lipinski definition) is 9. The van der Waals surface area contributed by atoms with E-state index in [4.69, 9.17) is 9.15 Å². The lowest BCUT2D eigenvalue weighted by Crippen LogP contribution is -2.24. The molecule has 3 aromatic rings. The molecule has 2 heterocycles. The smallest absolute Gasteiger partial charge is 0.341 e. The summed E-state index contributed by atoms with van der Waals surface area (Å²) in [5, 5.41) is 9.82. The normalized spacial score (nSPS) is 15.8. The number of hydrogen-bond donors (Lipinski definition) is 1. The van der Waals surface area contributed by atoms with Gasteiger partial charge in [0.1, 0.15) is 10.8 Å². The molecule has 198 valence electrons. The molecule has 1 aliphatic rings. The molecule has 0 aliphatic heterocycles. The lowest BCUT2D eigenvalue weighted by Gasteiger charge is -2.18. The number of esters is 1. The van der Waals surface area contributed by atoms with Crippen LogP contribution in [0.25, 0.3) is 11.5 Å². The van der Waals surface area contributed by atoms with Gasteiger partial charge < -0.3 is 14.5 Å². The van der Waals surface area contributed by atoms with E-state index in [2.05, 4.69) is 43.2 Å². The highest BCUT2D eigenvalue weighted by Gasteiger charge is 2.31. The molecule has 1 aliphatic carbocycles. The summed E-state index contributed by atoms with van der Waals surface area (Å²) in [5.74, 6) is -1.72. The second kappa shape index (κ2) is 10.4. The van der Waals surface area contributed by atoms with Crippen LogP contribution in [0.2, 0.25) is 0 Å². The number of carbonyl (C=O) groups excluding carboxylic acids is 2. The number of sulfone groups is 1. The number of amides is 1. The van der Waals surface area contributed by atoms with Crippen LogP contribution in [-0.4, -0.2) is 42.9 Å². The van der Waals surface area contributed by atoms with Crippen molar-refractivity contribution >= 4 is 38.1 Å². The standard InChI is InChI=1S/C26H31N3O6S2/c1-6-34-24(31)21-18-12-7-15(2)13-19(18)36-23(21)27-20(30)14-37(32,33)25-29-28-22(35-25)16-8-10-17(11-9-16)26(3,4)5/h8-11,15H,6-7,12-14H2,1-5H3,(H,27,30). The van der Waals surface area contributed by atoms with Gasteiger partial charge in [-0.1, -0.05) is 44.9 Å². The van der Waals surface area contributed by atoms with Crippen LogP contribution in [0.1, 0.15) is 67.4 Å². The van der Waals surface area contributed by atoms with E-state index in [0.717, 1.165) is 28.8 Å². The van der Waals surface area contributed by atoms with E-state index in [0.29, 0.717) is 28.5 Å². The maximum Gasteiger partial charge on any atom is 0.341 e. The van der Waals surface area contributed by atoms with Gasteiger partial charge >= 0.3 is 11.2 Å². The predicted octanol–water partition coefficient (Wildman–Crippen LogP) is 4.81. The SMILES string of the molecule is CCOC(=O)c1c(NC(=O)CS(=O)(=O)c2nnc(-c3ccc(C(C)(C)C)cc3)o2)sc2c1CCC(C)C2. The maximum absolute atomic E-state index is 12.9. The van der Waals surface area contributed by atoms with Crippen LogP contribution in [0.15, 0.2) is 33.9 Å². The first kappa shape index (κ1) is 27.0. The van der Waals surface area contributed by atoms with Gasteiger partial charge in [0.2, 0.25) is 21.6 Å². The van der Waals surface area contributed by atoms with Crippen molar-refractivity contribution in [2.75, 3.05) is 17.7 Å². The Morgan fingerprint density at radius 3 is 2.54 bits per heavy atom. The van der Waals surface area contributed by atoms with Crippen molar-refractivity contribution in [1.29, 1.82) is 0 Å². The van der Waals surface area contributed by atoms with Crippen LogP contribution in [0, 0.1) is 5.92 Å². The van der Waals surface area contributed by atoms with Crippen LogP contribution < -0.4 is 5.32 Å². The van der Waals surface area contributed by atoms with Gasteiger partial charge in [0.15, 0.2) is 0 Å². The molecule has 0 bridgehead atoms. The summed E-state index contributed by atoms with van der Waals surface area (Å²) in [6.07, 6.45) is 2.43. The Morgan fingerprint density at radius 1 is 1.19 bits per heavy atom. The summed E-state index contributed by atoms with van der Waals surface area (Å²) < 4.78 is 36.4. The van der Waals surface area contributed by atoms with Gasteiger partial charge in [0.25, 0.3) is 0 Å². The fourth-order valence-electron chi connectivity index (χ4n) is 4.22. The van der Waals surface area contributed by atoms with E-state index in [1.54, 1.807) is 19.1 Å². The Balaban J connectivity index is 1.51. The molecule has 9 nitrogen and oxygen atoms in total. The summed E-state index contributed by atoms with van der Waals surface area (Å²) >= 11 is 1.30. The quantitative estimate of drug-likeness (QED) is 0.419. The zero-order valence-corrected chi connectivity index (χ0v) is 23.2. The Morgan fingerprint density at radius 2 is 1.89 bits per heavy atom. The van der Waals surface area contributed by atoms with Crippen molar-refractivity contribution in [2.24, 2.45) is 5.92 Å². The van der Waals surface area contributed by atoms with E-state index < -0.39 is 32.7 Å². The average molecular weight is 546 g/mol. The lowest BCUT2D eigenvalue weighted by atomic mass is 9.87. The first-order valence-corrected chi connectivity index (χ1v) is 14.6. The summed E-state index contributed by atoms with van der Waals surface area (Å²) in [6.45, 7) is 10.3. The van der Waals surface area contributed by atoms with Crippen molar-refractivity contribution in [2.45, 2.75) is 64.5 Å². The molecule has 0 spiro atoms. The van der Waals surface area contributed by atoms with Crippen molar-refractivity contribution in [3.8, 4) is 11.5 Å². The van der Waals surface area contributed by atoms with E-state index >= 15 is 0 Å². The second-order valence-electron chi connectivity index (χ2n) is 10.3. The Labute approximate surface area is 220 Å². The van der Waals surface area contributed by atoms with E-state index in [9.17, 15) is 18.0 Å². The lowest BCUT2D eigenvalue weighted by molar-refractivity contribution is -0.113. The fourth-order valence-corrected chi connectivity index (χ4v) is 6.55.